The summed E-state index contributed by atoms with van der Waals surface area (Å²) in [5.74, 6) is -2.25. The normalized spacial score (nSPS) is 13.4. The number of carbonyl (C=O) groups excluding carboxylic acids is 4. The predicted molar refractivity (Wildman–Crippen MR) is 123 cm³/mol. The molecule has 1 aromatic rings. The van der Waals surface area contributed by atoms with Crippen LogP contribution in [0.2, 0.25) is 0 Å². The van der Waals surface area contributed by atoms with E-state index in [0.717, 1.165) is 0 Å². The third-order valence-corrected chi connectivity index (χ3v) is 4.31. The number of nitrogens with zero attached hydrogens (tertiary/aromatic N) is 1. The second-order valence-corrected chi connectivity index (χ2v) is 9.69. The molecular formula is C23H36N4O6. The third kappa shape index (κ3) is 8.99. The van der Waals surface area contributed by atoms with E-state index in [0.29, 0.717) is 0 Å². The number of amides is 4. The molecule has 0 heterocycles. The summed E-state index contributed by atoms with van der Waals surface area (Å²) in [5.41, 5.74) is 4.05. The lowest BCUT2D eigenvalue weighted by Crippen LogP contribution is -2.55. The number of benzene rings is 1. The fourth-order valence-electron chi connectivity index (χ4n) is 3.12. The molecule has 184 valence electrons. The lowest BCUT2D eigenvalue weighted by Gasteiger charge is -2.35. The minimum absolute atomic E-state index is 0.0423. The van der Waals surface area contributed by atoms with Gasteiger partial charge in [0.2, 0.25) is 17.7 Å². The van der Waals surface area contributed by atoms with Crippen molar-refractivity contribution in [3.8, 4) is 5.75 Å². The molecule has 10 heteroatoms. The fourth-order valence-corrected chi connectivity index (χ4v) is 3.12. The van der Waals surface area contributed by atoms with Crippen molar-refractivity contribution in [1.82, 2.24) is 15.5 Å². The van der Waals surface area contributed by atoms with Gasteiger partial charge < -0.3 is 31.1 Å². The average molecular weight is 465 g/mol. The second kappa shape index (κ2) is 11.0. The van der Waals surface area contributed by atoms with Gasteiger partial charge in [-0.15, -0.1) is 0 Å². The smallest absolute Gasteiger partial charge is 0.408 e. The zero-order chi connectivity index (χ0) is 25.6. The summed E-state index contributed by atoms with van der Waals surface area (Å²) in [7, 11) is 0. The van der Waals surface area contributed by atoms with Crippen LogP contribution in [0.1, 0.15) is 66.5 Å². The summed E-state index contributed by atoms with van der Waals surface area (Å²) >= 11 is 0. The molecule has 0 aliphatic carbocycles. The largest absolute Gasteiger partial charge is 0.508 e. The molecular weight excluding hydrogens is 428 g/mol. The number of likely N-dealkylation sites (N-methyl/N-ethyl adjacent to an activating group) is 1. The van der Waals surface area contributed by atoms with Crippen molar-refractivity contribution in [3.05, 3.63) is 29.8 Å². The number of primary amides is 1. The van der Waals surface area contributed by atoms with Crippen LogP contribution < -0.4 is 16.4 Å². The van der Waals surface area contributed by atoms with Gasteiger partial charge in [0.25, 0.3) is 0 Å². The number of phenolic OH excluding ortho intramolecular Hbond substituents is 1. The summed E-state index contributed by atoms with van der Waals surface area (Å²) in [6.07, 6.45) is -1.40. The monoisotopic (exact) mass is 464 g/mol. The van der Waals surface area contributed by atoms with E-state index < -0.39 is 53.5 Å². The number of aromatic hydroxyl groups is 1. The molecule has 0 saturated heterocycles. The molecule has 0 saturated carbocycles. The number of carbonyl (C=O) groups is 4. The molecule has 2 atom stereocenters. The first-order chi connectivity index (χ1) is 15.1. The predicted octanol–water partition coefficient (Wildman–Crippen LogP) is 1.97. The van der Waals surface area contributed by atoms with Crippen LogP contribution in [-0.4, -0.2) is 57.5 Å². The summed E-state index contributed by atoms with van der Waals surface area (Å²) in [4.78, 5) is 51.9. The molecule has 5 N–H and O–H groups in total. The van der Waals surface area contributed by atoms with Crippen molar-refractivity contribution >= 4 is 23.8 Å². The van der Waals surface area contributed by atoms with Gasteiger partial charge in [-0.1, -0.05) is 18.2 Å². The highest BCUT2D eigenvalue weighted by molar-refractivity contribution is 5.94. The summed E-state index contributed by atoms with van der Waals surface area (Å²) in [6.45, 7) is 12.0. The van der Waals surface area contributed by atoms with E-state index in [4.69, 9.17) is 10.5 Å². The van der Waals surface area contributed by atoms with Gasteiger partial charge in [-0.05, 0) is 54.5 Å². The molecule has 33 heavy (non-hydrogen) atoms. The van der Waals surface area contributed by atoms with Crippen molar-refractivity contribution in [1.29, 1.82) is 0 Å². The Hall–Kier alpha value is -3.30. The molecule has 0 spiro atoms. The maximum Gasteiger partial charge on any atom is 0.408 e. The van der Waals surface area contributed by atoms with E-state index in [9.17, 15) is 24.3 Å². The van der Waals surface area contributed by atoms with Gasteiger partial charge in [-0.3, -0.25) is 14.4 Å². The molecule has 2 unspecified atom stereocenters. The summed E-state index contributed by atoms with van der Waals surface area (Å²) in [6, 6.07) is 3.57. The Labute approximate surface area is 194 Å². The first-order valence-electron chi connectivity index (χ1n) is 10.7. The molecule has 4 amide bonds. The Balaban J connectivity index is 3.41. The maximum absolute atomic E-state index is 13.5. The molecule has 1 aromatic carbocycles. The molecule has 0 aromatic heterocycles. The van der Waals surface area contributed by atoms with Crippen molar-refractivity contribution in [3.63, 3.8) is 0 Å². The van der Waals surface area contributed by atoms with E-state index in [-0.39, 0.29) is 17.9 Å². The van der Waals surface area contributed by atoms with Gasteiger partial charge in [-0.2, -0.15) is 0 Å². The van der Waals surface area contributed by atoms with Crippen LogP contribution >= 0.6 is 0 Å². The number of hydrogen-bond donors (Lipinski definition) is 4. The Morgan fingerprint density at radius 1 is 1.09 bits per heavy atom. The van der Waals surface area contributed by atoms with Crippen LogP contribution in [0.4, 0.5) is 4.79 Å². The van der Waals surface area contributed by atoms with Crippen LogP contribution in [0, 0.1) is 0 Å². The highest BCUT2D eigenvalue weighted by atomic mass is 16.6. The van der Waals surface area contributed by atoms with E-state index in [1.165, 1.54) is 17.0 Å². The van der Waals surface area contributed by atoms with E-state index in [1.807, 2.05) is 0 Å². The van der Waals surface area contributed by atoms with Crippen molar-refractivity contribution in [2.45, 2.75) is 78.1 Å². The van der Waals surface area contributed by atoms with Crippen LogP contribution in [0.5, 0.6) is 5.75 Å². The number of para-hydroxylation sites is 1. The molecule has 10 nitrogen and oxygen atoms in total. The van der Waals surface area contributed by atoms with Crippen molar-refractivity contribution in [2.75, 3.05) is 6.54 Å². The number of alkyl carbamates (subject to hydrolysis) is 1. The van der Waals surface area contributed by atoms with Gasteiger partial charge in [-0.25, -0.2) is 4.79 Å². The van der Waals surface area contributed by atoms with Gasteiger partial charge in [0, 0.05) is 17.6 Å². The van der Waals surface area contributed by atoms with Crippen LogP contribution in [-0.2, 0) is 19.1 Å². The Morgan fingerprint density at radius 2 is 1.67 bits per heavy atom. The van der Waals surface area contributed by atoms with Gasteiger partial charge in [0.15, 0.2) is 0 Å². The summed E-state index contributed by atoms with van der Waals surface area (Å²) in [5, 5.41) is 15.6. The molecule has 0 bridgehead atoms. The topological polar surface area (TPSA) is 151 Å². The third-order valence-electron chi connectivity index (χ3n) is 4.31. The molecule has 0 aliphatic heterocycles. The molecule has 0 radical (unpaired) electrons. The van der Waals surface area contributed by atoms with Crippen molar-refractivity contribution < 1.29 is 29.0 Å². The number of phenols is 1. The quantitative estimate of drug-likeness (QED) is 0.462. The number of rotatable bonds is 8. The van der Waals surface area contributed by atoms with Crippen LogP contribution in [0.3, 0.4) is 0 Å². The van der Waals surface area contributed by atoms with Crippen LogP contribution in [0.25, 0.3) is 0 Å². The first kappa shape index (κ1) is 27.7. The van der Waals surface area contributed by atoms with Crippen molar-refractivity contribution in [2.24, 2.45) is 5.73 Å². The average Bonchev–Trinajstić information content (AvgIpc) is 2.62. The lowest BCUT2D eigenvalue weighted by molar-refractivity contribution is -0.143. The number of hydrogen-bond acceptors (Lipinski definition) is 6. The minimum Gasteiger partial charge on any atom is -0.508 e. The Kier molecular flexibility index (Phi) is 9.26. The molecule has 0 aliphatic rings. The minimum atomic E-state index is -1.37. The standard InChI is InChI=1S/C23H36N4O6/c1-8-27(20(31)15(13-17(24)29)25-21(32)33-23(5,6)7)18(19(30)26-22(2,3)4)14-11-9-10-12-16(14)28/h9-12,15,18,28H,8,13H2,1-7H3,(H2,24,29)(H,25,32)(H,26,30). The van der Waals surface area contributed by atoms with E-state index in [2.05, 4.69) is 10.6 Å². The second-order valence-electron chi connectivity index (χ2n) is 9.69. The van der Waals surface area contributed by atoms with Crippen LogP contribution in [0.15, 0.2) is 24.3 Å². The Bertz CT molecular complexity index is 872. The van der Waals surface area contributed by atoms with E-state index in [1.54, 1.807) is 60.6 Å². The highest BCUT2D eigenvalue weighted by Crippen LogP contribution is 2.30. The maximum atomic E-state index is 13.5. The summed E-state index contributed by atoms with van der Waals surface area (Å²) < 4.78 is 5.20. The number of nitrogens with one attached hydrogen (secondary N) is 2. The zero-order valence-electron chi connectivity index (χ0n) is 20.4. The molecule has 0 fully saturated rings. The lowest BCUT2D eigenvalue weighted by atomic mass is 9.99. The van der Waals surface area contributed by atoms with E-state index >= 15 is 0 Å². The van der Waals surface area contributed by atoms with Gasteiger partial charge in [0.05, 0.1) is 6.42 Å². The zero-order valence-corrected chi connectivity index (χ0v) is 20.4. The van der Waals surface area contributed by atoms with Gasteiger partial charge >= 0.3 is 6.09 Å². The molecule has 1 rings (SSSR count). The number of nitrogens with two attached hydrogens (primary N) is 1. The highest BCUT2D eigenvalue weighted by Gasteiger charge is 2.38. The number of ether oxygens (including phenoxy) is 1. The van der Waals surface area contributed by atoms with Gasteiger partial charge in [0.1, 0.15) is 23.4 Å². The SMILES string of the molecule is CCN(C(=O)C(CC(N)=O)NC(=O)OC(C)(C)C)C(C(=O)NC(C)(C)C)c1ccccc1O. The first-order valence-corrected chi connectivity index (χ1v) is 10.7. The fraction of sp³-hybridized carbons (Fsp3) is 0.565. The Morgan fingerprint density at radius 3 is 2.12 bits per heavy atom.